The van der Waals surface area contributed by atoms with Gasteiger partial charge in [0.05, 0.1) is 22.9 Å². The monoisotopic (exact) mass is 473 g/mol. The molecule has 1 aromatic rings. The number of phenols is 1. The first-order valence-corrected chi connectivity index (χ1v) is 10.8. The molecule has 1 fully saturated rings. The molecule has 4 atom stereocenters. The summed E-state index contributed by atoms with van der Waals surface area (Å²) in [5, 5.41) is 44.2. The summed E-state index contributed by atoms with van der Waals surface area (Å²) in [4.78, 5) is 29.0. The summed E-state index contributed by atoms with van der Waals surface area (Å²) in [6.07, 6.45) is 0.203. The SMILES string of the molecule is C=C1C(C(N)=O)=C(O)[C@@H](N(C)C)[C@@H]2C[C@@H]3Cc4c(c(O)cc(F)c4N(C)C)C(O)=C3C(=O)[C@]12O. The third-order valence-corrected chi connectivity index (χ3v) is 7.28. The molecule has 0 aliphatic heterocycles. The van der Waals surface area contributed by atoms with Crippen molar-refractivity contribution < 1.29 is 34.4 Å². The first-order valence-electron chi connectivity index (χ1n) is 10.8. The van der Waals surface area contributed by atoms with Gasteiger partial charge in [0.1, 0.15) is 23.1 Å². The topological polar surface area (TPSA) is 148 Å². The zero-order valence-electron chi connectivity index (χ0n) is 19.4. The molecule has 10 heteroatoms. The van der Waals surface area contributed by atoms with E-state index in [-0.39, 0.29) is 35.2 Å². The van der Waals surface area contributed by atoms with Gasteiger partial charge in [0.2, 0.25) is 0 Å². The molecule has 1 saturated carbocycles. The van der Waals surface area contributed by atoms with Crippen molar-refractivity contribution in [2.45, 2.75) is 24.5 Å². The minimum Gasteiger partial charge on any atom is -0.510 e. The van der Waals surface area contributed by atoms with Crippen LogP contribution in [0.25, 0.3) is 5.76 Å². The second-order valence-corrected chi connectivity index (χ2v) is 9.59. The molecule has 1 aromatic carbocycles. The molecule has 3 aliphatic carbocycles. The van der Waals surface area contributed by atoms with Crippen molar-refractivity contribution in [3.63, 3.8) is 0 Å². The summed E-state index contributed by atoms with van der Waals surface area (Å²) in [7, 11) is 6.49. The van der Waals surface area contributed by atoms with Crippen molar-refractivity contribution in [3.05, 3.63) is 52.1 Å². The third-order valence-electron chi connectivity index (χ3n) is 7.28. The molecule has 0 spiro atoms. The number of hydrogen-bond donors (Lipinski definition) is 5. The Bertz CT molecular complexity index is 1220. The smallest absolute Gasteiger partial charge is 0.252 e. The number of carbonyl (C=O) groups excluding carboxylic acids is 2. The van der Waals surface area contributed by atoms with Crippen molar-refractivity contribution in [1.82, 2.24) is 4.90 Å². The van der Waals surface area contributed by atoms with Crippen molar-refractivity contribution >= 4 is 23.1 Å². The fourth-order valence-corrected chi connectivity index (χ4v) is 5.93. The van der Waals surface area contributed by atoms with Gasteiger partial charge in [-0.05, 0) is 38.4 Å². The Labute approximate surface area is 195 Å². The number of phenolic OH excluding ortho intramolecular Hbond substituents is 1. The lowest BCUT2D eigenvalue weighted by molar-refractivity contribution is -0.143. The number of Topliss-reactive ketones (excluding diaryl/α,β-unsaturated/α-hetero) is 1. The molecule has 0 radical (unpaired) electrons. The number of carbonyl (C=O) groups is 2. The van der Waals surface area contributed by atoms with E-state index in [1.54, 1.807) is 33.1 Å². The number of halogens is 1. The molecule has 0 aromatic heterocycles. The van der Waals surface area contributed by atoms with Crippen LogP contribution in [0.2, 0.25) is 0 Å². The van der Waals surface area contributed by atoms with E-state index < -0.39 is 63.8 Å². The van der Waals surface area contributed by atoms with Crippen LogP contribution in [0.4, 0.5) is 10.1 Å². The second kappa shape index (κ2) is 7.57. The van der Waals surface area contributed by atoms with Gasteiger partial charge in [-0.2, -0.15) is 0 Å². The number of rotatable bonds is 3. The van der Waals surface area contributed by atoms with Crippen LogP contribution in [-0.2, 0) is 16.0 Å². The van der Waals surface area contributed by atoms with E-state index in [9.17, 15) is 34.4 Å². The van der Waals surface area contributed by atoms with Crippen LogP contribution in [0.15, 0.2) is 35.1 Å². The highest BCUT2D eigenvalue weighted by atomic mass is 19.1. The van der Waals surface area contributed by atoms with Crippen molar-refractivity contribution in [3.8, 4) is 5.75 Å². The van der Waals surface area contributed by atoms with Crippen molar-refractivity contribution in [2.24, 2.45) is 17.6 Å². The summed E-state index contributed by atoms with van der Waals surface area (Å²) < 4.78 is 14.7. The number of nitrogens with two attached hydrogens (primary N) is 1. The lowest BCUT2D eigenvalue weighted by atomic mass is 9.56. The van der Waals surface area contributed by atoms with Crippen LogP contribution in [0.1, 0.15) is 17.5 Å². The molecule has 0 bridgehead atoms. The number of aliphatic hydroxyl groups excluding tert-OH is 2. The molecule has 4 rings (SSSR count). The Morgan fingerprint density at radius 3 is 2.38 bits per heavy atom. The Morgan fingerprint density at radius 2 is 1.85 bits per heavy atom. The predicted octanol–water partition coefficient (Wildman–Crippen LogP) is 1.16. The maximum Gasteiger partial charge on any atom is 0.252 e. The summed E-state index contributed by atoms with van der Waals surface area (Å²) in [5.41, 5.74) is 2.63. The van der Waals surface area contributed by atoms with Crippen molar-refractivity contribution in [1.29, 1.82) is 0 Å². The van der Waals surface area contributed by atoms with E-state index in [2.05, 4.69) is 6.58 Å². The molecule has 0 heterocycles. The summed E-state index contributed by atoms with van der Waals surface area (Å²) >= 11 is 0. The zero-order chi connectivity index (χ0) is 25.4. The van der Waals surface area contributed by atoms with Crippen LogP contribution >= 0.6 is 0 Å². The number of aliphatic hydroxyl groups is 3. The molecule has 0 saturated heterocycles. The number of primary amides is 1. The molecule has 9 nitrogen and oxygen atoms in total. The molecule has 34 heavy (non-hydrogen) atoms. The molecule has 1 amide bonds. The van der Waals surface area contributed by atoms with Gasteiger partial charge >= 0.3 is 0 Å². The number of anilines is 1. The molecular weight excluding hydrogens is 445 g/mol. The molecule has 3 aliphatic rings. The zero-order valence-corrected chi connectivity index (χ0v) is 19.4. The number of benzene rings is 1. The predicted molar refractivity (Wildman–Crippen MR) is 123 cm³/mol. The number of ketones is 1. The number of nitrogens with zero attached hydrogens (tertiary/aromatic N) is 2. The van der Waals surface area contributed by atoms with Gasteiger partial charge in [-0.1, -0.05) is 6.58 Å². The average molecular weight is 474 g/mol. The Kier molecular flexibility index (Phi) is 5.30. The molecule has 6 N–H and O–H groups in total. The maximum absolute atomic E-state index is 14.7. The first-order chi connectivity index (χ1) is 15.7. The quantitative estimate of drug-likeness (QED) is 0.439. The van der Waals surface area contributed by atoms with E-state index in [0.717, 1.165) is 6.07 Å². The highest BCUT2D eigenvalue weighted by molar-refractivity contribution is 6.13. The van der Waals surface area contributed by atoms with E-state index in [4.69, 9.17) is 5.73 Å². The van der Waals surface area contributed by atoms with Gasteiger partial charge in [0.25, 0.3) is 5.91 Å². The number of aromatic hydroxyl groups is 1. The normalized spacial score (nSPS) is 28.6. The maximum atomic E-state index is 14.7. The fourth-order valence-electron chi connectivity index (χ4n) is 5.93. The number of fused-ring (bicyclic) bond motifs is 3. The molecule has 0 unspecified atom stereocenters. The summed E-state index contributed by atoms with van der Waals surface area (Å²) in [5.74, 6) is -5.69. The number of likely N-dealkylation sites (N-methyl/N-ethyl adjacent to an activating group) is 1. The van der Waals surface area contributed by atoms with Gasteiger partial charge in [-0.25, -0.2) is 4.39 Å². The Hall–Kier alpha value is -3.37. The number of hydrogen-bond acceptors (Lipinski definition) is 8. The minimum absolute atomic E-state index is 0.0779. The van der Waals surface area contributed by atoms with Crippen molar-refractivity contribution in [2.75, 3.05) is 33.1 Å². The minimum atomic E-state index is -2.33. The lowest BCUT2D eigenvalue weighted by Gasteiger charge is -2.52. The van der Waals surface area contributed by atoms with E-state index in [1.807, 2.05) is 0 Å². The van der Waals surface area contributed by atoms with Crippen LogP contribution in [0.5, 0.6) is 5.75 Å². The van der Waals surface area contributed by atoms with Gasteiger partial charge in [-0.15, -0.1) is 0 Å². The second-order valence-electron chi connectivity index (χ2n) is 9.59. The summed E-state index contributed by atoms with van der Waals surface area (Å²) in [6, 6.07) is -0.0785. The van der Waals surface area contributed by atoms with Crippen LogP contribution in [-0.4, -0.2) is 76.9 Å². The Balaban J connectivity index is 1.99. The van der Waals surface area contributed by atoms with Crippen LogP contribution in [0.3, 0.4) is 0 Å². The third kappa shape index (κ3) is 2.91. The van der Waals surface area contributed by atoms with E-state index in [1.165, 1.54) is 4.90 Å². The van der Waals surface area contributed by atoms with Gasteiger partial charge < -0.3 is 31.1 Å². The Morgan fingerprint density at radius 1 is 1.24 bits per heavy atom. The number of amides is 1. The molecule has 182 valence electrons. The highest BCUT2D eigenvalue weighted by Crippen LogP contribution is 2.55. The van der Waals surface area contributed by atoms with E-state index in [0.29, 0.717) is 5.56 Å². The van der Waals surface area contributed by atoms with Crippen LogP contribution in [0, 0.1) is 17.7 Å². The summed E-state index contributed by atoms with van der Waals surface area (Å²) in [6.45, 7) is 3.72. The fraction of sp³-hybridized carbons (Fsp3) is 0.417. The first kappa shape index (κ1) is 23.8. The van der Waals surface area contributed by atoms with E-state index >= 15 is 0 Å². The lowest BCUT2D eigenvalue weighted by Crippen LogP contribution is -2.63. The molecular formula is C24H28FN3O6. The highest BCUT2D eigenvalue weighted by Gasteiger charge is 2.62. The van der Waals surface area contributed by atoms with Gasteiger partial charge in [0.15, 0.2) is 11.4 Å². The largest absolute Gasteiger partial charge is 0.510 e. The average Bonchev–Trinajstić information content (AvgIpc) is 2.69. The van der Waals surface area contributed by atoms with Crippen LogP contribution < -0.4 is 10.6 Å². The van der Waals surface area contributed by atoms with Gasteiger partial charge in [-0.3, -0.25) is 14.5 Å². The standard InChI is InChI=1S/C24H28FN3O6/c1-9-15(23(26)33)21(31)19(28(4)5)12-7-10-6-11-17(14(29)8-13(25)18(11)27(2)3)20(30)16(10)22(32)24(9,12)34/h8,10,12,19,29-31,34H,1,6-7H2,2-5H3,(H2,26,33)/t10-,12-,19-,24-/m0/s1. The van der Waals surface area contributed by atoms with Gasteiger partial charge in [0, 0.05) is 37.2 Å².